The molecule has 0 nitrogen and oxygen atoms in total. The zero-order chi connectivity index (χ0) is 9.57. The van der Waals surface area contributed by atoms with E-state index < -0.39 is 0 Å². The molecule has 1 aliphatic rings. The van der Waals surface area contributed by atoms with Crippen LogP contribution in [0.25, 0.3) is 0 Å². The Hall–Kier alpha value is 0.830. The van der Waals surface area contributed by atoms with Crippen molar-refractivity contribution in [3.63, 3.8) is 0 Å². The number of alkyl halides is 1. The van der Waals surface area contributed by atoms with Crippen molar-refractivity contribution in [3.8, 4) is 0 Å². The zero-order valence-electron chi connectivity index (χ0n) is 8.65. The molecule has 0 radical (unpaired) electrons. The molecule has 0 aromatic rings. The Bertz CT molecular complexity index is 127. The van der Waals surface area contributed by atoms with E-state index in [1.807, 2.05) is 0 Å². The smallest absolute Gasteiger partial charge is 0.00958 e. The standard InChI is InChI=1S/C11H21BrS/c1-2-3-4-8-13-10-11(9-12)6-5-7-11/h2-10H2,1H3. The lowest BCUT2D eigenvalue weighted by atomic mass is 9.72. The maximum Gasteiger partial charge on any atom is 0.00958 e. The van der Waals surface area contributed by atoms with Crippen molar-refractivity contribution in [2.75, 3.05) is 16.8 Å². The van der Waals surface area contributed by atoms with E-state index in [-0.39, 0.29) is 0 Å². The number of hydrogen-bond acceptors (Lipinski definition) is 1. The molecule has 0 bridgehead atoms. The SMILES string of the molecule is CCCCCSCC1(CBr)CCC1. The van der Waals surface area contributed by atoms with Crippen LogP contribution in [-0.2, 0) is 0 Å². The monoisotopic (exact) mass is 264 g/mol. The summed E-state index contributed by atoms with van der Waals surface area (Å²) in [6.07, 6.45) is 8.55. The van der Waals surface area contributed by atoms with E-state index in [1.54, 1.807) is 0 Å². The molecule has 0 spiro atoms. The van der Waals surface area contributed by atoms with E-state index in [2.05, 4.69) is 34.6 Å². The second-order valence-corrected chi connectivity index (χ2v) is 5.91. The van der Waals surface area contributed by atoms with E-state index in [4.69, 9.17) is 0 Å². The van der Waals surface area contributed by atoms with Gasteiger partial charge in [-0.3, -0.25) is 0 Å². The minimum absolute atomic E-state index is 0.691. The maximum absolute atomic E-state index is 3.65. The van der Waals surface area contributed by atoms with Crippen LogP contribution in [0.5, 0.6) is 0 Å². The van der Waals surface area contributed by atoms with Crippen LogP contribution in [0.1, 0.15) is 45.4 Å². The van der Waals surface area contributed by atoms with Crippen LogP contribution in [0.3, 0.4) is 0 Å². The van der Waals surface area contributed by atoms with E-state index >= 15 is 0 Å². The van der Waals surface area contributed by atoms with Gasteiger partial charge in [-0.2, -0.15) is 11.8 Å². The molecular formula is C11H21BrS. The molecule has 78 valence electrons. The summed E-state index contributed by atoms with van der Waals surface area (Å²) in [6, 6.07) is 0. The minimum atomic E-state index is 0.691. The van der Waals surface area contributed by atoms with Gasteiger partial charge in [0.2, 0.25) is 0 Å². The third-order valence-electron chi connectivity index (χ3n) is 3.00. The lowest BCUT2D eigenvalue weighted by molar-refractivity contribution is 0.206. The third kappa shape index (κ3) is 3.83. The zero-order valence-corrected chi connectivity index (χ0v) is 11.1. The topological polar surface area (TPSA) is 0 Å². The molecule has 13 heavy (non-hydrogen) atoms. The molecule has 0 unspecified atom stereocenters. The Labute approximate surface area is 95.4 Å². The molecular weight excluding hydrogens is 244 g/mol. The van der Waals surface area contributed by atoms with E-state index in [1.165, 1.54) is 55.4 Å². The molecule has 2 heteroatoms. The van der Waals surface area contributed by atoms with Crippen LogP contribution in [0.4, 0.5) is 0 Å². The van der Waals surface area contributed by atoms with Crippen LogP contribution < -0.4 is 0 Å². The van der Waals surface area contributed by atoms with Gasteiger partial charge in [-0.25, -0.2) is 0 Å². The van der Waals surface area contributed by atoms with Gasteiger partial charge in [-0.1, -0.05) is 42.1 Å². The fraction of sp³-hybridized carbons (Fsp3) is 1.00. The lowest BCUT2D eigenvalue weighted by Crippen LogP contribution is -2.33. The molecule has 1 aliphatic carbocycles. The second-order valence-electron chi connectivity index (χ2n) is 4.25. The lowest BCUT2D eigenvalue weighted by Gasteiger charge is -2.40. The Morgan fingerprint density at radius 3 is 2.54 bits per heavy atom. The van der Waals surface area contributed by atoms with Crippen molar-refractivity contribution in [2.24, 2.45) is 5.41 Å². The minimum Gasteiger partial charge on any atom is -0.161 e. The molecule has 0 aromatic carbocycles. The molecule has 0 amide bonds. The van der Waals surface area contributed by atoms with Crippen molar-refractivity contribution in [2.45, 2.75) is 45.4 Å². The van der Waals surface area contributed by atoms with Gasteiger partial charge in [0.05, 0.1) is 0 Å². The number of unbranched alkanes of at least 4 members (excludes halogenated alkanes) is 2. The van der Waals surface area contributed by atoms with Crippen LogP contribution in [0.2, 0.25) is 0 Å². The van der Waals surface area contributed by atoms with Crippen molar-refractivity contribution in [1.82, 2.24) is 0 Å². The molecule has 0 N–H and O–H groups in total. The summed E-state index contributed by atoms with van der Waals surface area (Å²) in [7, 11) is 0. The van der Waals surface area contributed by atoms with Crippen molar-refractivity contribution in [1.29, 1.82) is 0 Å². The molecule has 1 saturated carbocycles. The molecule has 0 saturated heterocycles. The van der Waals surface area contributed by atoms with Crippen LogP contribution in [-0.4, -0.2) is 16.8 Å². The Balaban J connectivity index is 1.98. The number of thioether (sulfide) groups is 1. The van der Waals surface area contributed by atoms with Crippen LogP contribution in [0, 0.1) is 5.41 Å². The first-order valence-corrected chi connectivity index (χ1v) is 7.74. The molecule has 1 rings (SSSR count). The first kappa shape index (κ1) is 11.9. The van der Waals surface area contributed by atoms with Gasteiger partial charge in [0.25, 0.3) is 0 Å². The Kier molecular flexibility index (Phi) is 5.80. The van der Waals surface area contributed by atoms with E-state index in [0.717, 1.165) is 0 Å². The highest BCUT2D eigenvalue weighted by atomic mass is 79.9. The van der Waals surface area contributed by atoms with Gasteiger partial charge in [0.15, 0.2) is 0 Å². The second kappa shape index (κ2) is 6.34. The quantitative estimate of drug-likeness (QED) is 0.483. The van der Waals surface area contributed by atoms with Crippen LogP contribution in [0.15, 0.2) is 0 Å². The van der Waals surface area contributed by atoms with E-state index in [0.29, 0.717) is 5.41 Å². The number of hydrogen-bond donors (Lipinski definition) is 0. The van der Waals surface area contributed by atoms with Crippen molar-refractivity contribution in [3.05, 3.63) is 0 Å². The molecule has 1 fully saturated rings. The number of rotatable bonds is 7. The molecule has 0 aromatic heterocycles. The van der Waals surface area contributed by atoms with Crippen molar-refractivity contribution < 1.29 is 0 Å². The summed E-state index contributed by atoms with van der Waals surface area (Å²) >= 11 is 5.82. The first-order chi connectivity index (χ1) is 6.33. The highest BCUT2D eigenvalue weighted by Gasteiger charge is 2.35. The summed E-state index contributed by atoms with van der Waals surface area (Å²) in [5.74, 6) is 2.77. The van der Waals surface area contributed by atoms with Gasteiger partial charge >= 0.3 is 0 Å². The summed E-state index contributed by atoms with van der Waals surface area (Å²) in [6.45, 7) is 2.27. The summed E-state index contributed by atoms with van der Waals surface area (Å²) in [5, 5.41) is 1.22. The summed E-state index contributed by atoms with van der Waals surface area (Å²) in [5.41, 5.74) is 0.691. The van der Waals surface area contributed by atoms with Gasteiger partial charge in [0, 0.05) is 5.33 Å². The van der Waals surface area contributed by atoms with Gasteiger partial charge < -0.3 is 0 Å². The maximum atomic E-state index is 3.65. The Morgan fingerprint density at radius 2 is 2.08 bits per heavy atom. The van der Waals surface area contributed by atoms with Crippen molar-refractivity contribution >= 4 is 27.7 Å². The average Bonchev–Trinajstić information content (AvgIpc) is 2.09. The molecule has 0 aliphatic heterocycles. The van der Waals surface area contributed by atoms with Gasteiger partial charge in [0.1, 0.15) is 0 Å². The van der Waals surface area contributed by atoms with Gasteiger partial charge in [-0.15, -0.1) is 0 Å². The third-order valence-corrected chi connectivity index (χ3v) is 5.58. The summed E-state index contributed by atoms with van der Waals surface area (Å²) < 4.78 is 0. The average molecular weight is 265 g/mol. The van der Waals surface area contributed by atoms with Gasteiger partial charge in [-0.05, 0) is 36.2 Å². The highest BCUT2D eigenvalue weighted by Crippen LogP contribution is 2.44. The molecule has 0 atom stereocenters. The fourth-order valence-electron chi connectivity index (χ4n) is 1.74. The first-order valence-electron chi connectivity index (χ1n) is 5.47. The predicted octanol–water partition coefficient (Wildman–Crippen LogP) is 4.48. The van der Waals surface area contributed by atoms with Crippen LogP contribution >= 0.6 is 27.7 Å². The molecule has 0 heterocycles. The summed E-state index contributed by atoms with van der Waals surface area (Å²) in [4.78, 5) is 0. The predicted molar refractivity (Wildman–Crippen MR) is 66.9 cm³/mol. The highest BCUT2D eigenvalue weighted by molar-refractivity contribution is 9.09. The largest absolute Gasteiger partial charge is 0.161 e. The fourth-order valence-corrected chi connectivity index (χ4v) is 4.13. The number of halogens is 1. The van der Waals surface area contributed by atoms with E-state index in [9.17, 15) is 0 Å². The Morgan fingerprint density at radius 1 is 1.31 bits per heavy atom. The normalized spacial score (nSPS) is 19.8.